The van der Waals surface area contributed by atoms with Gasteiger partial charge in [-0.1, -0.05) is 24.3 Å². The van der Waals surface area contributed by atoms with Crippen molar-refractivity contribution in [3.63, 3.8) is 0 Å². The van der Waals surface area contributed by atoms with Crippen LogP contribution in [0.4, 0.5) is 18.9 Å². The van der Waals surface area contributed by atoms with Crippen LogP contribution in [-0.4, -0.2) is 37.7 Å². The molecule has 2 rings (SSSR count). The molecule has 0 aromatic heterocycles. The first kappa shape index (κ1) is 23.1. The van der Waals surface area contributed by atoms with Crippen molar-refractivity contribution in [3.05, 3.63) is 54.1 Å². The van der Waals surface area contributed by atoms with Gasteiger partial charge in [-0.15, -0.1) is 0 Å². The number of benzene rings is 2. The molecule has 2 amide bonds. The number of anilines is 1. The van der Waals surface area contributed by atoms with Gasteiger partial charge in [0.05, 0.1) is 17.9 Å². The Morgan fingerprint density at radius 2 is 1.63 bits per heavy atom. The Morgan fingerprint density at radius 3 is 2.33 bits per heavy atom. The number of alkyl halides is 3. The highest BCUT2D eigenvalue weighted by molar-refractivity contribution is 5.97. The molecule has 30 heavy (non-hydrogen) atoms. The van der Waals surface area contributed by atoms with Gasteiger partial charge in [0.1, 0.15) is 11.5 Å². The second kappa shape index (κ2) is 11.1. The van der Waals surface area contributed by atoms with Crippen LogP contribution in [0.15, 0.2) is 48.5 Å². The van der Waals surface area contributed by atoms with E-state index >= 15 is 0 Å². The molecule has 0 unspecified atom stereocenters. The molecule has 162 valence electrons. The summed E-state index contributed by atoms with van der Waals surface area (Å²) in [5, 5.41) is 5.25. The van der Waals surface area contributed by atoms with E-state index in [0.29, 0.717) is 24.3 Å². The molecule has 0 spiro atoms. The summed E-state index contributed by atoms with van der Waals surface area (Å²) in [5.41, 5.74) is 0.556. The number of amides is 2. The highest BCUT2D eigenvalue weighted by atomic mass is 19.4. The second-order valence-corrected chi connectivity index (χ2v) is 6.24. The summed E-state index contributed by atoms with van der Waals surface area (Å²) in [4.78, 5) is 24.4. The monoisotopic (exact) mass is 424 g/mol. The maximum Gasteiger partial charge on any atom is 0.422 e. The molecule has 0 aliphatic carbocycles. The van der Waals surface area contributed by atoms with Gasteiger partial charge in [-0.2, -0.15) is 13.2 Å². The zero-order chi connectivity index (χ0) is 22.0. The lowest BCUT2D eigenvalue weighted by molar-refractivity contribution is -0.153. The van der Waals surface area contributed by atoms with Crippen molar-refractivity contribution < 1.29 is 32.2 Å². The summed E-state index contributed by atoms with van der Waals surface area (Å²) in [6, 6.07) is 12.7. The van der Waals surface area contributed by atoms with Crippen molar-refractivity contribution in [1.29, 1.82) is 0 Å². The molecule has 0 radical (unpaired) electrons. The van der Waals surface area contributed by atoms with Crippen molar-refractivity contribution in [2.24, 2.45) is 0 Å². The zero-order valence-electron chi connectivity index (χ0n) is 16.4. The number of halogens is 3. The predicted octanol–water partition coefficient (Wildman–Crippen LogP) is 4.18. The molecule has 0 saturated carbocycles. The third-order valence-electron chi connectivity index (χ3n) is 3.85. The molecule has 2 aromatic carbocycles. The van der Waals surface area contributed by atoms with E-state index in [1.54, 1.807) is 30.3 Å². The van der Waals surface area contributed by atoms with E-state index in [0.717, 1.165) is 0 Å². The van der Waals surface area contributed by atoms with Crippen LogP contribution in [0.3, 0.4) is 0 Å². The largest absolute Gasteiger partial charge is 0.493 e. The maximum atomic E-state index is 12.3. The summed E-state index contributed by atoms with van der Waals surface area (Å²) in [7, 11) is 0. The van der Waals surface area contributed by atoms with Gasteiger partial charge in [-0.05, 0) is 37.6 Å². The van der Waals surface area contributed by atoms with Crippen LogP contribution in [0.25, 0.3) is 0 Å². The Balaban J connectivity index is 1.80. The first-order valence-electron chi connectivity index (χ1n) is 9.38. The Bertz CT molecular complexity index is 856. The third kappa shape index (κ3) is 7.65. The lowest BCUT2D eigenvalue weighted by Gasteiger charge is -2.14. The minimum Gasteiger partial charge on any atom is -0.493 e. The van der Waals surface area contributed by atoms with E-state index in [4.69, 9.17) is 9.47 Å². The number of carbonyl (C=O) groups excluding carboxylic acids is 2. The fourth-order valence-corrected chi connectivity index (χ4v) is 2.55. The lowest BCUT2D eigenvalue weighted by Crippen LogP contribution is -2.26. The molecule has 2 N–H and O–H groups in total. The van der Waals surface area contributed by atoms with Gasteiger partial charge < -0.3 is 20.1 Å². The molecule has 0 heterocycles. The number of hydrogen-bond acceptors (Lipinski definition) is 4. The highest BCUT2D eigenvalue weighted by Gasteiger charge is 2.28. The average Bonchev–Trinajstić information content (AvgIpc) is 2.70. The van der Waals surface area contributed by atoms with Crippen LogP contribution in [0.1, 0.15) is 30.1 Å². The van der Waals surface area contributed by atoms with Crippen LogP contribution in [-0.2, 0) is 4.79 Å². The first-order chi connectivity index (χ1) is 14.3. The molecule has 2 aromatic rings. The van der Waals surface area contributed by atoms with E-state index in [1.807, 2.05) is 6.92 Å². The number of nitrogens with one attached hydrogen (secondary N) is 2. The van der Waals surface area contributed by atoms with Crippen molar-refractivity contribution in [2.75, 3.05) is 25.1 Å². The summed E-state index contributed by atoms with van der Waals surface area (Å²) < 4.78 is 47.2. The molecular formula is C21H23F3N2O4. The number of ether oxygens (including phenoxy) is 2. The fraction of sp³-hybridized carbons (Fsp3) is 0.333. The van der Waals surface area contributed by atoms with Crippen molar-refractivity contribution in [3.8, 4) is 11.5 Å². The number of rotatable bonds is 10. The van der Waals surface area contributed by atoms with Crippen LogP contribution in [0, 0.1) is 0 Å². The number of carbonyl (C=O) groups is 2. The van der Waals surface area contributed by atoms with E-state index in [9.17, 15) is 22.8 Å². The van der Waals surface area contributed by atoms with E-state index in [2.05, 4.69) is 10.6 Å². The molecule has 0 aliphatic heterocycles. The molecule has 0 aliphatic rings. The summed E-state index contributed by atoms with van der Waals surface area (Å²) >= 11 is 0. The number of hydrogen-bond donors (Lipinski definition) is 2. The Kier molecular flexibility index (Phi) is 8.52. The molecule has 0 fully saturated rings. The molecule has 6 nitrogen and oxygen atoms in total. The topological polar surface area (TPSA) is 76.7 Å². The quantitative estimate of drug-likeness (QED) is 0.561. The minimum atomic E-state index is -4.48. The van der Waals surface area contributed by atoms with Crippen LogP contribution in [0.5, 0.6) is 11.5 Å². The molecule has 0 bridgehead atoms. The van der Waals surface area contributed by atoms with E-state index in [1.165, 1.54) is 18.2 Å². The molecule has 9 heteroatoms. The van der Waals surface area contributed by atoms with Gasteiger partial charge in [-0.25, -0.2) is 0 Å². The van der Waals surface area contributed by atoms with E-state index < -0.39 is 18.7 Å². The molecular weight excluding hydrogens is 401 g/mol. The third-order valence-corrected chi connectivity index (χ3v) is 3.85. The van der Waals surface area contributed by atoms with Crippen molar-refractivity contribution in [2.45, 2.75) is 25.9 Å². The Morgan fingerprint density at radius 1 is 0.967 bits per heavy atom. The van der Waals surface area contributed by atoms with Gasteiger partial charge in [0.25, 0.3) is 5.91 Å². The minimum absolute atomic E-state index is 0.0657. The van der Waals surface area contributed by atoms with Gasteiger partial charge >= 0.3 is 6.18 Å². The normalized spacial score (nSPS) is 10.9. The maximum absolute atomic E-state index is 12.3. The standard InChI is InChI=1S/C21H23F3N2O4/c1-2-29-17-10-5-3-8-15(17)20(28)25-13-7-12-19(27)26-16-9-4-6-11-18(16)30-14-21(22,23)24/h3-6,8-11H,2,7,12-14H2,1H3,(H,25,28)(H,26,27). The average molecular weight is 424 g/mol. The Labute approximate surface area is 172 Å². The van der Waals surface area contributed by atoms with Crippen molar-refractivity contribution in [1.82, 2.24) is 5.32 Å². The molecule has 0 atom stereocenters. The van der Waals surface area contributed by atoms with Crippen LogP contribution < -0.4 is 20.1 Å². The van der Waals surface area contributed by atoms with Gasteiger partial charge in [0.2, 0.25) is 5.91 Å². The molecule has 0 saturated heterocycles. The zero-order valence-corrected chi connectivity index (χ0v) is 16.4. The summed E-state index contributed by atoms with van der Waals surface area (Å²) in [5.74, 6) is -0.304. The highest BCUT2D eigenvalue weighted by Crippen LogP contribution is 2.26. The van der Waals surface area contributed by atoms with Crippen molar-refractivity contribution >= 4 is 17.5 Å². The van der Waals surface area contributed by atoms with E-state index in [-0.39, 0.29) is 30.3 Å². The summed E-state index contributed by atoms with van der Waals surface area (Å²) in [6.07, 6.45) is -4.06. The lowest BCUT2D eigenvalue weighted by atomic mass is 10.2. The Hall–Kier alpha value is -3.23. The second-order valence-electron chi connectivity index (χ2n) is 6.24. The van der Waals surface area contributed by atoms with Gasteiger partial charge in [-0.3, -0.25) is 9.59 Å². The van der Waals surface area contributed by atoms with Gasteiger partial charge in [0.15, 0.2) is 6.61 Å². The van der Waals surface area contributed by atoms with Crippen LogP contribution in [0.2, 0.25) is 0 Å². The summed E-state index contributed by atoms with van der Waals surface area (Å²) in [6.45, 7) is 1.05. The smallest absolute Gasteiger partial charge is 0.422 e. The number of para-hydroxylation sites is 3. The predicted molar refractivity (Wildman–Crippen MR) is 106 cm³/mol. The van der Waals surface area contributed by atoms with Crippen LogP contribution >= 0.6 is 0 Å². The first-order valence-corrected chi connectivity index (χ1v) is 9.38. The SMILES string of the molecule is CCOc1ccccc1C(=O)NCCCC(=O)Nc1ccccc1OCC(F)(F)F. The van der Waals surface area contributed by atoms with Gasteiger partial charge in [0, 0.05) is 13.0 Å². The fourth-order valence-electron chi connectivity index (χ4n) is 2.55.